The third-order valence-electron chi connectivity index (χ3n) is 5.16. The Morgan fingerprint density at radius 3 is 2.43 bits per heavy atom. The van der Waals surface area contributed by atoms with Crippen LogP contribution in [0.25, 0.3) is 0 Å². The third kappa shape index (κ3) is 4.92. The van der Waals surface area contributed by atoms with Gasteiger partial charge in [0, 0.05) is 41.3 Å². The average molecular weight is 425 g/mol. The van der Waals surface area contributed by atoms with Crippen LogP contribution in [0.15, 0.2) is 54.6 Å². The van der Waals surface area contributed by atoms with E-state index in [1.54, 1.807) is 25.2 Å². The molecule has 0 bridgehead atoms. The van der Waals surface area contributed by atoms with Gasteiger partial charge in [0.05, 0.1) is 5.56 Å². The zero-order valence-corrected chi connectivity index (χ0v) is 18.1. The Labute approximate surface area is 181 Å². The van der Waals surface area contributed by atoms with Crippen molar-refractivity contribution in [2.24, 2.45) is 0 Å². The molecule has 0 unspecified atom stereocenters. The van der Waals surface area contributed by atoms with Crippen molar-refractivity contribution in [2.45, 2.75) is 26.8 Å². The van der Waals surface area contributed by atoms with Crippen LogP contribution in [0.5, 0.6) is 0 Å². The molecule has 0 atom stereocenters. The first kappa shape index (κ1) is 21.7. The lowest BCUT2D eigenvalue weighted by molar-refractivity contribution is 0.0475. The molecular weight excluding hydrogens is 400 g/mol. The Balaban J connectivity index is 1.65. The van der Waals surface area contributed by atoms with Gasteiger partial charge in [0.25, 0.3) is 0 Å². The molecule has 3 rings (SSSR count). The zero-order valence-electron chi connectivity index (χ0n) is 17.4. The average Bonchev–Trinajstić information content (AvgIpc) is 3.04. The summed E-state index contributed by atoms with van der Waals surface area (Å²) in [5, 5.41) is 3.66. The minimum absolute atomic E-state index is 0.212. The van der Waals surface area contributed by atoms with Crippen LogP contribution in [-0.2, 0) is 17.7 Å². The Hall–Kier alpha value is -3.05. The molecule has 1 aromatic heterocycles. The number of rotatable bonds is 8. The van der Waals surface area contributed by atoms with Crippen molar-refractivity contribution in [2.75, 3.05) is 19.0 Å². The molecule has 5 nitrogen and oxygen atoms in total. The van der Waals surface area contributed by atoms with Gasteiger partial charge in [0.15, 0.2) is 6.61 Å². The number of halogens is 1. The van der Waals surface area contributed by atoms with Gasteiger partial charge in [-0.2, -0.15) is 0 Å². The summed E-state index contributed by atoms with van der Waals surface area (Å²) in [7, 11) is 1.73. The lowest BCUT2D eigenvalue weighted by Crippen LogP contribution is -2.16. The van der Waals surface area contributed by atoms with Crippen LogP contribution in [0, 0.1) is 13.8 Å². The van der Waals surface area contributed by atoms with E-state index in [4.69, 9.17) is 16.3 Å². The van der Waals surface area contributed by atoms with E-state index in [9.17, 15) is 9.59 Å². The molecule has 6 heteroatoms. The van der Waals surface area contributed by atoms with Crippen LogP contribution < -0.4 is 5.32 Å². The SMILES string of the molecule is CNc1ccccc1C(=O)OCC(=O)c1cc(C)n(CCc2ccc(Cl)cc2)c1C. The number of carbonyl (C=O) groups is 2. The fourth-order valence-corrected chi connectivity index (χ4v) is 3.61. The van der Waals surface area contributed by atoms with E-state index in [2.05, 4.69) is 9.88 Å². The van der Waals surface area contributed by atoms with Gasteiger partial charge in [-0.1, -0.05) is 35.9 Å². The third-order valence-corrected chi connectivity index (χ3v) is 5.41. The molecule has 3 aromatic rings. The summed E-state index contributed by atoms with van der Waals surface area (Å²) in [6, 6.07) is 16.7. The summed E-state index contributed by atoms with van der Waals surface area (Å²) in [6.45, 7) is 4.35. The molecule has 0 spiro atoms. The lowest BCUT2D eigenvalue weighted by Gasteiger charge is -2.11. The number of nitrogens with zero attached hydrogens (tertiary/aromatic N) is 1. The second-order valence-electron chi connectivity index (χ2n) is 7.11. The van der Waals surface area contributed by atoms with E-state index >= 15 is 0 Å². The van der Waals surface area contributed by atoms with E-state index < -0.39 is 5.97 Å². The molecule has 0 fully saturated rings. The molecule has 0 amide bonds. The van der Waals surface area contributed by atoms with Gasteiger partial charge in [-0.05, 0) is 56.2 Å². The number of nitrogens with one attached hydrogen (secondary N) is 1. The van der Waals surface area contributed by atoms with Gasteiger partial charge < -0.3 is 14.6 Å². The standard InChI is InChI=1S/C24H25ClN2O3/c1-16-14-21(17(2)27(16)13-12-18-8-10-19(25)11-9-18)23(28)15-30-24(29)20-6-4-5-7-22(20)26-3/h4-11,14,26H,12-13,15H2,1-3H3. The number of hydrogen-bond donors (Lipinski definition) is 1. The van der Waals surface area contributed by atoms with E-state index in [1.165, 1.54) is 5.56 Å². The molecular formula is C24H25ClN2O3. The van der Waals surface area contributed by atoms with Crippen molar-refractivity contribution in [3.63, 3.8) is 0 Å². The monoisotopic (exact) mass is 424 g/mol. The van der Waals surface area contributed by atoms with Crippen LogP contribution in [0.4, 0.5) is 5.69 Å². The number of benzene rings is 2. The molecule has 156 valence electrons. The highest BCUT2D eigenvalue weighted by Crippen LogP contribution is 2.19. The molecule has 0 aliphatic rings. The first-order valence-corrected chi connectivity index (χ1v) is 10.2. The van der Waals surface area contributed by atoms with Crippen LogP contribution >= 0.6 is 11.6 Å². The molecule has 0 saturated carbocycles. The summed E-state index contributed by atoms with van der Waals surface area (Å²) in [5.74, 6) is -0.735. The fourth-order valence-electron chi connectivity index (χ4n) is 3.49. The second kappa shape index (κ2) is 9.63. The van der Waals surface area contributed by atoms with Gasteiger partial charge in [-0.3, -0.25) is 4.79 Å². The number of para-hydroxylation sites is 1. The number of anilines is 1. The highest BCUT2D eigenvalue weighted by molar-refractivity contribution is 6.30. The van der Waals surface area contributed by atoms with Crippen molar-refractivity contribution < 1.29 is 14.3 Å². The Kier molecular flexibility index (Phi) is 6.95. The fraction of sp³-hybridized carbons (Fsp3) is 0.250. The smallest absolute Gasteiger partial charge is 0.340 e. The topological polar surface area (TPSA) is 60.3 Å². The van der Waals surface area contributed by atoms with Crippen LogP contribution in [0.2, 0.25) is 5.02 Å². The first-order chi connectivity index (χ1) is 14.4. The summed E-state index contributed by atoms with van der Waals surface area (Å²) >= 11 is 5.94. The molecule has 0 aliphatic carbocycles. The maximum Gasteiger partial charge on any atom is 0.340 e. The van der Waals surface area contributed by atoms with E-state index in [0.29, 0.717) is 21.8 Å². The summed E-state index contributed by atoms with van der Waals surface area (Å²) in [5.41, 5.74) is 4.70. The first-order valence-electron chi connectivity index (χ1n) is 9.79. The largest absolute Gasteiger partial charge is 0.454 e. The van der Waals surface area contributed by atoms with E-state index in [-0.39, 0.29) is 12.4 Å². The van der Waals surface area contributed by atoms with Gasteiger partial charge in [0.1, 0.15) is 0 Å². The maximum absolute atomic E-state index is 12.7. The maximum atomic E-state index is 12.7. The van der Waals surface area contributed by atoms with E-state index in [1.807, 2.05) is 50.2 Å². The number of ketones is 1. The highest BCUT2D eigenvalue weighted by Gasteiger charge is 2.19. The van der Waals surface area contributed by atoms with Gasteiger partial charge in [0.2, 0.25) is 5.78 Å². The Bertz CT molecular complexity index is 1050. The van der Waals surface area contributed by atoms with Crippen molar-refractivity contribution >= 4 is 29.0 Å². The van der Waals surface area contributed by atoms with E-state index in [0.717, 1.165) is 24.4 Å². The zero-order chi connectivity index (χ0) is 21.7. The van der Waals surface area contributed by atoms with Crippen molar-refractivity contribution in [1.82, 2.24) is 4.57 Å². The van der Waals surface area contributed by atoms with Crippen molar-refractivity contribution in [3.05, 3.63) is 87.7 Å². The van der Waals surface area contributed by atoms with Crippen LogP contribution in [0.3, 0.4) is 0 Å². The number of Topliss-reactive ketones (excluding diaryl/α,β-unsaturated/α-hetero) is 1. The summed E-state index contributed by atoms with van der Waals surface area (Å²) in [6.07, 6.45) is 0.830. The number of aryl methyl sites for hydroxylation is 2. The number of aromatic nitrogens is 1. The van der Waals surface area contributed by atoms with Crippen molar-refractivity contribution in [1.29, 1.82) is 0 Å². The lowest BCUT2D eigenvalue weighted by atomic mass is 10.1. The summed E-state index contributed by atoms with van der Waals surface area (Å²) in [4.78, 5) is 25.1. The summed E-state index contributed by atoms with van der Waals surface area (Å²) < 4.78 is 7.39. The predicted octanol–water partition coefficient (Wildman–Crippen LogP) is 5.08. The number of ether oxygens (including phenoxy) is 1. The molecule has 1 N–H and O–H groups in total. The highest BCUT2D eigenvalue weighted by atomic mass is 35.5. The number of esters is 1. The number of carbonyl (C=O) groups excluding carboxylic acids is 2. The Morgan fingerprint density at radius 1 is 1.03 bits per heavy atom. The van der Waals surface area contributed by atoms with Crippen molar-refractivity contribution in [3.8, 4) is 0 Å². The quantitative estimate of drug-likeness (QED) is 0.404. The van der Waals surface area contributed by atoms with Gasteiger partial charge >= 0.3 is 5.97 Å². The minimum atomic E-state index is -0.523. The molecule has 30 heavy (non-hydrogen) atoms. The molecule has 0 radical (unpaired) electrons. The molecule has 0 saturated heterocycles. The van der Waals surface area contributed by atoms with Crippen LogP contribution in [-0.4, -0.2) is 30.0 Å². The molecule has 1 heterocycles. The minimum Gasteiger partial charge on any atom is -0.454 e. The normalized spacial score (nSPS) is 10.7. The number of hydrogen-bond acceptors (Lipinski definition) is 4. The second-order valence-corrected chi connectivity index (χ2v) is 7.54. The van der Waals surface area contributed by atoms with Gasteiger partial charge in [-0.15, -0.1) is 0 Å². The van der Waals surface area contributed by atoms with Crippen LogP contribution in [0.1, 0.15) is 37.7 Å². The Morgan fingerprint density at radius 2 is 1.73 bits per heavy atom. The predicted molar refractivity (Wildman–Crippen MR) is 120 cm³/mol. The molecule has 2 aromatic carbocycles. The van der Waals surface area contributed by atoms with Gasteiger partial charge in [-0.25, -0.2) is 4.79 Å². The molecule has 0 aliphatic heterocycles.